The average molecular weight is 448 g/mol. The highest BCUT2D eigenvalue weighted by Gasteiger charge is 2.22. The fourth-order valence-electron chi connectivity index (χ4n) is 2.29. The Labute approximate surface area is 142 Å². The number of hydrogen-bond acceptors (Lipinski definition) is 2. The molecule has 0 fully saturated rings. The van der Waals surface area contributed by atoms with Gasteiger partial charge in [-0.25, -0.2) is 0 Å². The summed E-state index contributed by atoms with van der Waals surface area (Å²) in [7, 11) is 0. The van der Waals surface area contributed by atoms with Gasteiger partial charge in [-0.1, -0.05) is 19.1 Å². The van der Waals surface area contributed by atoms with Gasteiger partial charge >= 0.3 is 0 Å². The lowest BCUT2D eigenvalue weighted by Crippen LogP contribution is -2.26. The maximum atomic E-state index is 4.49. The number of benzene rings is 1. The van der Waals surface area contributed by atoms with Crippen LogP contribution in [-0.4, -0.2) is 16.3 Å². The number of rotatable bonds is 5. The van der Waals surface area contributed by atoms with Crippen LogP contribution in [0.25, 0.3) is 0 Å². The van der Waals surface area contributed by atoms with E-state index in [1.54, 1.807) is 0 Å². The summed E-state index contributed by atoms with van der Waals surface area (Å²) in [6.45, 7) is 7.35. The Kier molecular flexibility index (Phi) is 5.63. The molecule has 0 aliphatic rings. The Morgan fingerprint density at radius 2 is 2.15 bits per heavy atom. The van der Waals surface area contributed by atoms with Crippen LogP contribution in [0.1, 0.15) is 44.1 Å². The molecule has 1 unspecified atom stereocenters. The predicted octanol–water partition coefficient (Wildman–Crippen LogP) is 4.53. The van der Waals surface area contributed by atoms with Crippen LogP contribution in [0.4, 0.5) is 0 Å². The summed E-state index contributed by atoms with van der Waals surface area (Å²) in [5, 5.41) is 8.06. The third-order valence-electron chi connectivity index (χ3n) is 3.14. The van der Waals surface area contributed by atoms with Gasteiger partial charge in [0.15, 0.2) is 0 Å². The summed E-state index contributed by atoms with van der Waals surface area (Å²) < 4.78 is 4.38. The molecule has 20 heavy (non-hydrogen) atoms. The lowest BCUT2D eigenvalue weighted by molar-refractivity contribution is 0.475. The molecule has 0 saturated carbocycles. The van der Waals surface area contributed by atoms with E-state index in [9.17, 15) is 0 Å². The minimum absolute atomic E-state index is 0.147. The van der Waals surface area contributed by atoms with Crippen LogP contribution < -0.4 is 5.32 Å². The third-order valence-corrected chi connectivity index (χ3v) is 4.42. The zero-order valence-electron chi connectivity index (χ0n) is 11.9. The van der Waals surface area contributed by atoms with E-state index in [-0.39, 0.29) is 6.04 Å². The van der Waals surface area contributed by atoms with Gasteiger partial charge in [0.25, 0.3) is 0 Å². The summed E-state index contributed by atoms with van der Waals surface area (Å²) in [4.78, 5) is 0. The van der Waals surface area contributed by atoms with Crippen LogP contribution >= 0.6 is 38.5 Å². The first-order chi connectivity index (χ1) is 9.54. The van der Waals surface area contributed by atoms with Crippen molar-refractivity contribution < 1.29 is 0 Å². The van der Waals surface area contributed by atoms with Gasteiger partial charge in [0.2, 0.25) is 0 Å². The van der Waals surface area contributed by atoms with Gasteiger partial charge in [-0.15, -0.1) is 0 Å². The highest BCUT2D eigenvalue weighted by atomic mass is 127. The second-order valence-corrected chi connectivity index (χ2v) is 7.06. The molecule has 0 bridgehead atoms. The first-order valence-corrected chi connectivity index (χ1v) is 8.63. The standard InChI is InChI=1S/C15H19BrIN3/c1-4-18-14(11-6-5-7-12(17)8-11)15-13(16)9-19-20(15)10(2)3/h5-10,14,18H,4H2,1-3H3. The quantitative estimate of drug-likeness (QED) is 0.682. The smallest absolute Gasteiger partial charge is 0.0760 e. The Bertz CT molecular complexity index is 580. The maximum absolute atomic E-state index is 4.49. The van der Waals surface area contributed by atoms with E-state index in [1.165, 1.54) is 14.8 Å². The fourth-order valence-corrected chi connectivity index (χ4v) is 3.36. The van der Waals surface area contributed by atoms with Crippen molar-refractivity contribution in [1.82, 2.24) is 15.1 Å². The first-order valence-electron chi connectivity index (χ1n) is 6.76. The summed E-state index contributed by atoms with van der Waals surface area (Å²) in [6.07, 6.45) is 1.88. The number of aromatic nitrogens is 2. The third kappa shape index (κ3) is 3.43. The Balaban J connectivity index is 2.51. The minimum Gasteiger partial charge on any atom is -0.305 e. The molecule has 0 amide bonds. The number of hydrogen-bond donors (Lipinski definition) is 1. The van der Waals surface area contributed by atoms with Crippen LogP contribution in [0.5, 0.6) is 0 Å². The van der Waals surface area contributed by atoms with Crippen LogP contribution in [0.3, 0.4) is 0 Å². The molecule has 0 spiro atoms. The molecule has 0 saturated heterocycles. The maximum Gasteiger partial charge on any atom is 0.0760 e. The molecule has 1 heterocycles. The fraction of sp³-hybridized carbons (Fsp3) is 0.400. The van der Waals surface area contributed by atoms with Gasteiger partial charge in [-0.05, 0) is 76.6 Å². The highest BCUT2D eigenvalue weighted by Crippen LogP contribution is 2.31. The van der Waals surface area contributed by atoms with Gasteiger partial charge in [-0.3, -0.25) is 4.68 Å². The van der Waals surface area contributed by atoms with E-state index >= 15 is 0 Å². The number of nitrogens with zero attached hydrogens (tertiary/aromatic N) is 2. The Morgan fingerprint density at radius 1 is 1.40 bits per heavy atom. The molecule has 0 radical (unpaired) electrons. The molecule has 1 aromatic heterocycles. The lowest BCUT2D eigenvalue weighted by Gasteiger charge is -2.22. The molecule has 1 N–H and O–H groups in total. The van der Waals surface area contributed by atoms with E-state index in [1.807, 2.05) is 6.20 Å². The van der Waals surface area contributed by atoms with E-state index in [0.29, 0.717) is 6.04 Å². The van der Waals surface area contributed by atoms with Crippen molar-refractivity contribution >= 4 is 38.5 Å². The van der Waals surface area contributed by atoms with E-state index in [2.05, 4.69) is 98.7 Å². The second-order valence-electron chi connectivity index (χ2n) is 4.96. The molecule has 2 aromatic rings. The van der Waals surface area contributed by atoms with E-state index in [4.69, 9.17) is 0 Å². The second kappa shape index (κ2) is 7.04. The highest BCUT2D eigenvalue weighted by molar-refractivity contribution is 14.1. The van der Waals surface area contributed by atoms with Gasteiger partial charge in [0.05, 0.1) is 22.4 Å². The SMILES string of the molecule is CCNC(c1cccc(I)c1)c1c(Br)cnn1C(C)C. The molecule has 108 valence electrons. The summed E-state index contributed by atoms with van der Waals surface area (Å²) in [5.74, 6) is 0. The van der Waals surface area contributed by atoms with Crippen LogP contribution in [-0.2, 0) is 0 Å². The number of nitrogens with one attached hydrogen (secondary N) is 1. The van der Waals surface area contributed by atoms with Crippen molar-refractivity contribution in [2.75, 3.05) is 6.54 Å². The topological polar surface area (TPSA) is 29.9 Å². The van der Waals surface area contributed by atoms with Crippen LogP contribution in [0.2, 0.25) is 0 Å². The summed E-state index contributed by atoms with van der Waals surface area (Å²) >= 11 is 6.00. The zero-order valence-corrected chi connectivity index (χ0v) is 15.6. The monoisotopic (exact) mass is 447 g/mol. The van der Waals surface area contributed by atoms with Crippen molar-refractivity contribution in [2.45, 2.75) is 32.9 Å². The van der Waals surface area contributed by atoms with Crippen molar-refractivity contribution in [1.29, 1.82) is 0 Å². The van der Waals surface area contributed by atoms with Crippen molar-refractivity contribution in [3.63, 3.8) is 0 Å². The molecular weight excluding hydrogens is 429 g/mol. The van der Waals surface area contributed by atoms with Gasteiger partial charge < -0.3 is 5.32 Å². The molecule has 0 aliphatic carbocycles. The molecule has 1 atom stereocenters. The van der Waals surface area contributed by atoms with E-state index < -0.39 is 0 Å². The molecule has 5 heteroatoms. The van der Waals surface area contributed by atoms with Crippen LogP contribution in [0.15, 0.2) is 34.9 Å². The van der Waals surface area contributed by atoms with E-state index in [0.717, 1.165) is 11.0 Å². The molecular formula is C15H19BrIN3. The first kappa shape index (κ1) is 16.0. The van der Waals surface area contributed by atoms with Crippen LogP contribution in [0, 0.1) is 3.57 Å². The largest absolute Gasteiger partial charge is 0.305 e. The average Bonchev–Trinajstić information content (AvgIpc) is 2.78. The normalized spacial score (nSPS) is 12.9. The molecule has 0 aliphatic heterocycles. The predicted molar refractivity (Wildman–Crippen MR) is 95.0 cm³/mol. The summed E-state index contributed by atoms with van der Waals surface area (Å²) in [5.41, 5.74) is 2.45. The van der Waals surface area contributed by atoms with Crippen molar-refractivity contribution in [3.05, 3.63) is 49.8 Å². The Hall–Kier alpha value is -0.400. The molecule has 1 aromatic carbocycles. The van der Waals surface area contributed by atoms with Gasteiger partial charge in [0, 0.05) is 9.61 Å². The lowest BCUT2D eigenvalue weighted by atomic mass is 10.0. The Morgan fingerprint density at radius 3 is 2.75 bits per heavy atom. The van der Waals surface area contributed by atoms with Crippen molar-refractivity contribution in [3.8, 4) is 0 Å². The summed E-state index contributed by atoms with van der Waals surface area (Å²) in [6, 6.07) is 9.08. The zero-order chi connectivity index (χ0) is 14.7. The van der Waals surface area contributed by atoms with Gasteiger partial charge in [0.1, 0.15) is 0 Å². The minimum atomic E-state index is 0.147. The molecule has 3 nitrogen and oxygen atoms in total. The number of halogens is 2. The van der Waals surface area contributed by atoms with Crippen molar-refractivity contribution in [2.24, 2.45) is 0 Å². The van der Waals surface area contributed by atoms with Gasteiger partial charge in [-0.2, -0.15) is 5.10 Å². The molecule has 2 rings (SSSR count).